The molecule has 1 unspecified atom stereocenters. The first-order chi connectivity index (χ1) is 12.9. The van der Waals surface area contributed by atoms with E-state index in [-0.39, 0.29) is 30.0 Å². The third-order valence-electron chi connectivity index (χ3n) is 4.35. The Balaban J connectivity index is 0.00000392. The van der Waals surface area contributed by atoms with E-state index in [1.54, 1.807) is 7.11 Å². The molecule has 2 rings (SSSR count). The molecule has 28 heavy (non-hydrogen) atoms. The van der Waals surface area contributed by atoms with Gasteiger partial charge in [-0.15, -0.1) is 24.0 Å². The van der Waals surface area contributed by atoms with Gasteiger partial charge in [0.2, 0.25) is 5.89 Å². The van der Waals surface area contributed by atoms with Crippen molar-refractivity contribution in [2.45, 2.75) is 33.4 Å². The summed E-state index contributed by atoms with van der Waals surface area (Å²) in [5.74, 6) is 3.05. The molecule has 2 aromatic rings. The van der Waals surface area contributed by atoms with Crippen molar-refractivity contribution in [1.82, 2.24) is 20.5 Å². The smallest absolute Gasteiger partial charge is 0.216 e. The van der Waals surface area contributed by atoms with Crippen LogP contribution < -0.4 is 15.4 Å². The predicted molar refractivity (Wildman–Crippen MR) is 124 cm³/mol. The van der Waals surface area contributed by atoms with Gasteiger partial charge in [0.1, 0.15) is 18.1 Å². The van der Waals surface area contributed by atoms with Crippen LogP contribution in [-0.4, -0.2) is 50.1 Å². The molecule has 1 heterocycles. The molecule has 0 saturated carbocycles. The molecule has 1 aromatic carbocycles. The summed E-state index contributed by atoms with van der Waals surface area (Å²) in [7, 11) is 5.81. The van der Waals surface area contributed by atoms with Crippen molar-refractivity contribution < 1.29 is 9.15 Å². The minimum absolute atomic E-state index is 0. The van der Waals surface area contributed by atoms with Crippen LogP contribution in [0.5, 0.6) is 5.75 Å². The molecule has 0 bridgehead atoms. The van der Waals surface area contributed by atoms with Gasteiger partial charge in [0.15, 0.2) is 5.96 Å². The molecular weight excluding hydrogens is 469 g/mol. The Morgan fingerprint density at radius 1 is 1.29 bits per heavy atom. The SMILES string of the molecule is CCNC(=NCc1nc(C)c(C)o1)NCC(c1cccc(OC)c1)N(C)C.I. The number of aliphatic imine (C=N–C) groups is 1. The van der Waals surface area contributed by atoms with E-state index in [9.17, 15) is 0 Å². The lowest BCUT2D eigenvalue weighted by Crippen LogP contribution is -2.41. The predicted octanol–water partition coefficient (Wildman–Crippen LogP) is 3.28. The van der Waals surface area contributed by atoms with Crippen LogP contribution in [0.4, 0.5) is 0 Å². The number of rotatable bonds is 8. The summed E-state index contributed by atoms with van der Waals surface area (Å²) in [5, 5.41) is 6.69. The van der Waals surface area contributed by atoms with Gasteiger partial charge in [-0.25, -0.2) is 9.98 Å². The van der Waals surface area contributed by atoms with E-state index in [1.165, 1.54) is 5.56 Å². The minimum Gasteiger partial charge on any atom is -0.497 e. The van der Waals surface area contributed by atoms with E-state index in [2.05, 4.69) is 51.7 Å². The van der Waals surface area contributed by atoms with Gasteiger partial charge in [-0.1, -0.05) is 12.1 Å². The van der Waals surface area contributed by atoms with Crippen LogP contribution >= 0.6 is 24.0 Å². The minimum atomic E-state index is 0. The highest BCUT2D eigenvalue weighted by atomic mass is 127. The van der Waals surface area contributed by atoms with Crippen molar-refractivity contribution in [3.05, 3.63) is 47.2 Å². The van der Waals surface area contributed by atoms with Crippen LogP contribution in [-0.2, 0) is 6.54 Å². The summed E-state index contributed by atoms with van der Waals surface area (Å²) >= 11 is 0. The summed E-state index contributed by atoms with van der Waals surface area (Å²) < 4.78 is 11.0. The quantitative estimate of drug-likeness (QED) is 0.329. The number of hydrogen-bond acceptors (Lipinski definition) is 5. The number of halogens is 1. The molecule has 7 nitrogen and oxygen atoms in total. The molecule has 0 aliphatic carbocycles. The molecule has 0 radical (unpaired) electrons. The highest BCUT2D eigenvalue weighted by Gasteiger charge is 2.15. The second kappa shape index (κ2) is 11.9. The van der Waals surface area contributed by atoms with Crippen LogP contribution in [0.3, 0.4) is 0 Å². The van der Waals surface area contributed by atoms with E-state index in [0.29, 0.717) is 19.0 Å². The molecule has 1 atom stereocenters. The molecule has 156 valence electrons. The maximum Gasteiger partial charge on any atom is 0.216 e. The monoisotopic (exact) mass is 501 g/mol. The maximum atomic E-state index is 5.61. The zero-order valence-electron chi connectivity index (χ0n) is 17.6. The number of nitrogens with one attached hydrogen (secondary N) is 2. The van der Waals surface area contributed by atoms with Crippen LogP contribution in [0.15, 0.2) is 33.7 Å². The highest BCUT2D eigenvalue weighted by Crippen LogP contribution is 2.22. The average molecular weight is 501 g/mol. The van der Waals surface area contributed by atoms with E-state index in [4.69, 9.17) is 9.15 Å². The van der Waals surface area contributed by atoms with E-state index in [1.807, 2.05) is 32.9 Å². The first-order valence-corrected chi connectivity index (χ1v) is 9.20. The molecule has 0 fully saturated rings. The molecule has 0 spiro atoms. The second-order valence-electron chi connectivity index (χ2n) is 6.58. The fourth-order valence-electron chi connectivity index (χ4n) is 2.74. The number of aromatic nitrogens is 1. The molecule has 8 heteroatoms. The Hall–Kier alpha value is -1.81. The number of likely N-dealkylation sites (N-methyl/N-ethyl adjacent to an activating group) is 1. The van der Waals surface area contributed by atoms with Gasteiger partial charge in [0.05, 0.1) is 18.8 Å². The van der Waals surface area contributed by atoms with Gasteiger partial charge >= 0.3 is 0 Å². The van der Waals surface area contributed by atoms with Gasteiger partial charge in [-0.3, -0.25) is 0 Å². The van der Waals surface area contributed by atoms with Gasteiger partial charge in [-0.05, 0) is 52.6 Å². The number of benzene rings is 1. The number of methoxy groups -OCH3 is 1. The van der Waals surface area contributed by atoms with E-state index in [0.717, 1.165) is 29.7 Å². The fraction of sp³-hybridized carbons (Fsp3) is 0.500. The van der Waals surface area contributed by atoms with Crippen LogP contribution in [0.2, 0.25) is 0 Å². The highest BCUT2D eigenvalue weighted by molar-refractivity contribution is 14.0. The maximum absolute atomic E-state index is 5.61. The van der Waals surface area contributed by atoms with Crippen molar-refractivity contribution >= 4 is 29.9 Å². The number of oxazole rings is 1. The van der Waals surface area contributed by atoms with Crippen molar-refractivity contribution in [2.75, 3.05) is 34.3 Å². The molecule has 2 N–H and O–H groups in total. The Bertz CT molecular complexity index is 741. The Morgan fingerprint density at radius 2 is 2.04 bits per heavy atom. The van der Waals surface area contributed by atoms with Crippen molar-refractivity contribution in [3.8, 4) is 5.75 Å². The molecule has 0 amide bonds. The Morgan fingerprint density at radius 3 is 2.61 bits per heavy atom. The van der Waals surface area contributed by atoms with Crippen LogP contribution in [0.25, 0.3) is 0 Å². The van der Waals surface area contributed by atoms with Crippen molar-refractivity contribution in [1.29, 1.82) is 0 Å². The summed E-state index contributed by atoms with van der Waals surface area (Å²) in [5.41, 5.74) is 2.09. The number of guanidine groups is 1. The number of aryl methyl sites for hydroxylation is 2. The molecule has 0 saturated heterocycles. The fourth-order valence-corrected chi connectivity index (χ4v) is 2.74. The lowest BCUT2D eigenvalue weighted by molar-refractivity contribution is 0.297. The lowest BCUT2D eigenvalue weighted by Gasteiger charge is -2.26. The number of hydrogen-bond donors (Lipinski definition) is 2. The van der Waals surface area contributed by atoms with Gasteiger partial charge in [0.25, 0.3) is 0 Å². The largest absolute Gasteiger partial charge is 0.497 e. The van der Waals surface area contributed by atoms with Crippen LogP contribution in [0.1, 0.15) is 35.9 Å². The molecule has 0 aliphatic heterocycles. The summed E-state index contributed by atoms with van der Waals surface area (Å²) in [6.45, 7) is 7.77. The zero-order chi connectivity index (χ0) is 19.8. The first kappa shape index (κ1) is 24.2. The van der Waals surface area contributed by atoms with E-state index < -0.39 is 0 Å². The third-order valence-corrected chi connectivity index (χ3v) is 4.35. The lowest BCUT2D eigenvalue weighted by atomic mass is 10.1. The second-order valence-corrected chi connectivity index (χ2v) is 6.58. The number of nitrogens with zero attached hydrogens (tertiary/aromatic N) is 3. The molecule has 1 aromatic heterocycles. The van der Waals surface area contributed by atoms with Gasteiger partial charge in [0, 0.05) is 13.1 Å². The molecular formula is C20H32IN5O2. The van der Waals surface area contributed by atoms with Crippen molar-refractivity contribution in [2.24, 2.45) is 4.99 Å². The summed E-state index contributed by atoms with van der Waals surface area (Å²) in [6.07, 6.45) is 0. The van der Waals surface area contributed by atoms with Crippen LogP contribution in [0, 0.1) is 13.8 Å². The van der Waals surface area contributed by atoms with Gasteiger partial charge in [-0.2, -0.15) is 0 Å². The molecule has 0 aliphatic rings. The van der Waals surface area contributed by atoms with Gasteiger partial charge < -0.3 is 24.7 Å². The standard InChI is InChI=1S/C20H31N5O2.HI/c1-7-21-20(23-13-19-24-14(2)15(3)27-19)22-12-18(25(4)5)16-9-8-10-17(11-16)26-6;/h8-11,18H,7,12-13H2,1-6H3,(H2,21,22,23);1H. The zero-order valence-corrected chi connectivity index (χ0v) is 19.9. The van der Waals surface area contributed by atoms with E-state index >= 15 is 0 Å². The van der Waals surface area contributed by atoms with Crippen molar-refractivity contribution in [3.63, 3.8) is 0 Å². The summed E-state index contributed by atoms with van der Waals surface area (Å²) in [4.78, 5) is 11.1. The first-order valence-electron chi connectivity index (χ1n) is 9.20. The average Bonchev–Trinajstić information content (AvgIpc) is 2.97. The number of ether oxygens (including phenoxy) is 1. The Labute approximate surface area is 185 Å². The summed E-state index contributed by atoms with van der Waals surface area (Å²) in [6, 6.07) is 8.31. The third kappa shape index (κ3) is 6.97. The normalized spacial score (nSPS) is 12.5. The topological polar surface area (TPSA) is 74.9 Å². The Kier molecular flexibility index (Phi) is 10.3.